The van der Waals surface area contributed by atoms with Crippen LogP contribution in [0.2, 0.25) is 0 Å². The van der Waals surface area contributed by atoms with E-state index in [2.05, 4.69) is 114 Å². The fraction of sp³-hybridized carbons (Fsp3) is 0. The first kappa shape index (κ1) is 16.1. The van der Waals surface area contributed by atoms with Gasteiger partial charge in [0.2, 0.25) is 0 Å². The highest BCUT2D eigenvalue weighted by Gasteiger charge is 2.09. The van der Waals surface area contributed by atoms with Gasteiger partial charge in [0.1, 0.15) is 0 Å². The Hall–Kier alpha value is -3.84. The number of nitrogens with one attached hydrogen (secondary N) is 1. The van der Waals surface area contributed by atoms with Crippen molar-refractivity contribution in [3.63, 3.8) is 0 Å². The van der Waals surface area contributed by atoms with Gasteiger partial charge in [-0.25, -0.2) is 0 Å². The molecule has 29 heavy (non-hydrogen) atoms. The maximum absolute atomic E-state index is 3.62. The summed E-state index contributed by atoms with van der Waals surface area (Å²) in [5, 5.41) is 5.17. The molecule has 1 nitrogen and oxygen atoms in total. The average molecular weight is 369 g/mol. The summed E-state index contributed by atoms with van der Waals surface area (Å²) < 4.78 is 0. The molecule has 0 amide bonds. The summed E-state index contributed by atoms with van der Waals surface area (Å²) in [6, 6.07) is 39.1. The average Bonchev–Trinajstić information content (AvgIpc) is 3.18. The first-order valence-electron chi connectivity index (χ1n) is 9.96. The van der Waals surface area contributed by atoms with Crippen LogP contribution in [0, 0.1) is 0 Å². The third kappa shape index (κ3) is 2.63. The van der Waals surface area contributed by atoms with Crippen molar-refractivity contribution in [2.24, 2.45) is 0 Å². The van der Waals surface area contributed by atoms with Crippen molar-refractivity contribution in [3.8, 4) is 22.3 Å². The first-order valence-corrected chi connectivity index (χ1v) is 9.96. The second kappa shape index (κ2) is 6.35. The van der Waals surface area contributed by atoms with E-state index in [9.17, 15) is 0 Å². The third-order valence-electron chi connectivity index (χ3n) is 5.81. The Morgan fingerprint density at radius 2 is 1.07 bits per heavy atom. The van der Waals surface area contributed by atoms with E-state index in [1.807, 2.05) is 0 Å². The first-order chi connectivity index (χ1) is 14.4. The molecule has 0 unspecified atom stereocenters. The number of rotatable bonds is 2. The highest BCUT2D eigenvalue weighted by atomic mass is 14.7. The molecule has 0 fully saturated rings. The number of hydrogen-bond acceptors (Lipinski definition) is 0. The van der Waals surface area contributed by atoms with Gasteiger partial charge in [-0.15, -0.1) is 0 Å². The van der Waals surface area contributed by atoms with Gasteiger partial charge in [-0.05, 0) is 45.2 Å². The summed E-state index contributed by atoms with van der Waals surface area (Å²) in [6.45, 7) is 0. The van der Waals surface area contributed by atoms with Crippen molar-refractivity contribution < 1.29 is 0 Å². The predicted octanol–water partition coefficient (Wildman–Crippen LogP) is 7.81. The van der Waals surface area contributed by atoms with E-state index in [4.69, 9.17) is 0 Å². The lowest BCUT2D eigenvalue weighted by atomic mass is 9.99. The Kier molecular flexibility index (Phi) is 3.54. The fourth-order valence-electron chi connectivity index (χ4n) is 4.34. The number of H-pyrrole nitrogens is 1. The fourth-order valence-corrected chi connectivity index (χ4v) is 4.34. The molecule has 136 valence electrons. The van der Waals surface area contributed by atoms with E-state index in [-0.39, 0.29) is 0 Å². The van der Waals surface area contributed by atoms with E-state index >= 15 is 0 Å². The van der Waals surface area contributed by atoms with Crippen molar-refractivity contribution in [3.05, 3.63) is 109 Å². The van der Waals surface area contributed by atoms with Crippen LogP contribution in [-0.4, -0.2) is 4.98 Å². The van der Waals surface area contributed by atoms with Crippen molar-refractivity contribution >= 4 is 32.6 Å². The molecule has 6 aromatic rings. The number of aromatic amines is 1. The van der Waals surface area contributed by atoms with Gasteiger partial charge in [0.25, 0.3) is 0 Å². The highest BCUT2D eigenvalue weighted by Crippen LogP contribution is 2.34. The Balaban J connectivity index is 1.47. The van der Waals surface area contributed by atoms with Crippen molar-refractivity contribution in [1.82, 2.24) is 4.98 Å². The smallest absolute Gasteiger partial charge is 0.0471 e. The molecule has 0 spiro atoms. The lowest BCUT2D eigenvalue weighted by Crippen LogP contribution is -1.80. The zero-order valence-electron chi connectivity index (χ0n) is 15.9. The quantitative estimate of drug-likeness (QED) is 0.320. The van der Waals surface area contributed by atoms with Crippen molar-refractivity contribution in [2.45, 2.75) is 0 Å². The van der Waals surface area contributed by atoms with Crippen molar-refractivity contribution in [2.75, 3.05) is 0 Å². The highest BCUT2D eigenvalue weighted by molar-refractivity contribution is 6.20. The van der Waals surface area contributed by atoms with E-state index in [0.717, 1.165) is 0 Å². The van der Waals surface area contributed by atoms with Crippen LogP contribution in [0.15, 0.2) is 109 Å². The second-order valence-corrected chi connectivity index (χ2v) is 7.54. The SMILES string of the molecule is c1ccc(-c2ccc(-c3ccc4c(c3)[nH]c3ccc5ccccc5c34)cc2)cc1. The summed E-state index contributed by atoms with van der Waals surface area (Å²) in [4.78, 5) is 3.62. The number of benzene rings is 5. The molecule has 0 saturated heterocycles. The van der Waals surface area contributed by atoms with Crippen molar-refractivity contribution in [1.29, 1.82) is 0 Å². The molecule has 0 aliphatic rings. The summed E-state index contributed by atoms with van der Waals surface area (Å²) in [5.74, 6) is 0. The summed E-state index contributed by atoms with van der Waals surface area (Å²) in [6.07, 6.45) is 0. The summed E-state index contributed by atoms with van der Waals surface area (Å²) in [5.41, 5.74) is 7.32. The van der Waals surface area contributed by atoms with Crippen LogP contribution in [0.25, 0.3) is 54.8 Å². The van der Waals surface area contributed by atoms with Crippen LogP contribution in [0.3, 0.4) is 0 Å². The van der Waals surface area contributed by atoms with Gasteiger partial charge in [-0.1, -0.05) is 97.1 Å². The van der Waals surface area contributed by atoms with E-state index in [1.54, 1.807) is 0 Å². The summed E-state index contributed by atoms with van der Waals surface area (Å²) in [7, 11) is 0. The molecule has 0 aliphatic heterocycles. The maximum atomic E-state index is 3.62. The number of aromatic nitrogens is 1. The van der Waals surface area contributed by atoms with E-state index in [1.165, 1.54) is 54.8 Å². The van der Waals surface area contributed by atoms with Crippen LogP contribution < -0.4 is 0 Å². The molecule has 1 heteroatoms. The van der Waals surface area contributed by atoms with Gasteiger partial charge in [0.05, 0.1) is 0 Å². The molecule has 0 saturated carbocycles. The maximum Gasteiger partial charge on any atom is 0.0471 e. The summed E-state index contributed by atoms with van der Waals surface area (Å²) >= 11 is 0. The lowest BCUT2D eigenvalue weighted by Gasteiger charge is -2.06. The molecule has 1 N–H and O–H groups in total. The van der Waals surface area contributed by atoms with E-state index in [0.29, 0.717) is 0 Å². The zero-order valence-corrected chi connectivity index (χ0v) is 15.9. The Bertz CT molecular complexity index is 1470. The Morgan fingerprint density at radius 1 is 0.414 bits per heavy atom. The molecule has 0 bridgehead atoms. The molecule has 1 aromatic heterocycles. The largest absolute Gasteiger partial charge is 0.354 e. The standard InChI is InChI=1S/C28H19N/c1-2-6-19(7-3-1)20-10-12-21(13-11-20)23-14-16-25-27(18-23)29-26-17-15-22-8-4-5-9-24(22)28(25)26/h1-18,29H. The number of hydrogen-bond donors (Lipinski definition) is 1. The van der Waals surface area contributed by atoms with Gasteiger partial charge in [-0.3, -0.25) is 0 Å². The van der Waals surface area contributed by atoms with Crippen LogP contribution >= 0.6 is 0 Å². The molecular formula is C28H19N. The molecule has 6 rings (SSSR count). The van der Waals surface area contributed by atoms with Crippen LogP contribution in [0.1, 0.15) is 0 Å². The minimum atomic E-state index is 1.18. The normalized spacial score (nSPS) is 11.4. The topological polar surface area (TPSA) is 15.8 Å². The van der Waals surface area contributed by atoms with Crippen LogP contribution in [0.4, 0.5) is 0 Å². The molecule has 0 radical (unpaired) electrons. The number of fused-ring (bicyclic) bond motifs is 5. The monoisotopic (exact) mass is 369 g/mol. The second-order valence-electron chi connectivity index (χ2n) is 7.54. The third-order valence-corrected chi connectivity index (χ3v) is 5.81. The van der Waals surface area contributed by atoms with Gasteiger partial charge < -0.3 is 4.98 Å². The Labute approximate surface area is 169 Å². The van der Waals surface area contributed by atoms with Gasteiger partial charge >= 0.3 is 0 Å². The minimum absolute atomic E-state index is 1.18. The predicted molar refractivity (Wildman–Crippen MR) is 124 cm³/mol. The lowest BCUT2D eigenvalue weighted by molar-refractivity contribution is 1.54. The Morgan fingerprint density at radius 3 is 1.90 bits per heavy atom. The molecular weight excluding hydrogens is 350 g/mol. The van der Waals surface area contributed by atoms with Gasteiger partial charge in [-0.2, -0.15) is 0 Å². The van der Waals surface area contributed by atoms with Gasteiger partial charge in [0, 0.05) is 21.8 Å². The molecule has 1 heterocycles. The van der Waals surface area contributed by atoms with Crippen LogP contribution in [0.5, 0.6) is 0 Å². The molecule has 0 atom stereocenters. The zero-order chi connectivity index (χ0) is 19.2. The molecule has 0 aliphatic carbocycles. The van der Waals surface area contributed by atoms with Crippen LogP contribution in [-0.2, 0) is 0 Å². The van der Waals surface area contributed by atoms with E-state index < -0.39 is 0 Å². The minimum Gasteiger partial charge on any atom is -0.354 e. The van der Waals surface area contributed by atoms with Gasteiger partial charge in [0.15, 0.2) is 0 Å². The molecule has 5 aromatic carbocycles.